The number of aryl methyl sites for hydroxylation is 2. The van der Waals surface area contributed by atoms with E-state index in [1.807, 2.05) is 63.2 Å². The topological polar surface area (TPSA) is 108 Å². The molecule has 2 aromatic carbocycles. The molecule has 5 atom stereocenters. The van der Waals surface area contributed by atoms with Crippen LogP contribution in [-0.4, -0.2) is 63.5 Å². The van der Waals surface area contributed by atoms with Crippen LogP contribution in [0.4, 0.5) is 11.4 Å². The molecule has 3 saturated heterocycles. The summed E-state index contributed by atoms with van der Waals surface area (Å²) in [6.07, 6.45) is 3.63. The van der Waals surface area contributed by atoms with Gasteiger partial charge in [0.05, 0.1) is 23.2 Å². The van der Waals surface area contributed by atoms with Gasteiger partial charge in [0.25, 0.3) is 0 Å². The Kier molecular flexibility index (Phi) is 8.42. The van der Waals surface area contributed by atoms with Gasteiger partial charge >= 0.3 is 0 Å². The molecule has 40 heavy (non-hydrogen) atoms. The Labute approximate surface area is 240 Å². The molecule has 5 rings (SSSR count). The number of nitrogens with one attached hydrogen (secondary N) is 2. The van der Waals surface area contributed by atoms with E-state index in [1.165, 1.54) is 0 Å². The molecule has 0 aromatic heterocycles. The number of rotatable bonds is 11. The number of ether oxygens (including phenoxy) is 1. The molecule has 9 heteroatoms. The van der Waals surface area contributed by atoms with Gasteiger partial charge in [0, 0.05) is 29.8 Å². The van der Waals surface area contributed by atoms with Gasteiger partial charge in [-0.2, -0.15) is 0 Å². The summed E-state index contributed by atoms with van der Waals surface area (Å²) in [5.74, 6) is -0.783. The molecule has 3 heterocycles. The molecule has 8 nitrogen and oxygen atoms in total. The highest BCUT2D eigenvalue weighted by Gasteiger charge is 2.73. The fourth-order valence-corrected chi connectivity index (χ4v) is 8.88. The van der Waals surface area contributed by atoms with Crippen LogP contribution >= 0.6 is 11.8 Å². The predicted octanol–water partition coefficient (Wildman–Crippen LogP) is 4.53. The van der Waals surface area contributed by atoms with E-state index in [0.717, 1.165) is 41.8 Å². The number of thioether (sulfide) groups is 1. The van der Waals surface area contributed by atoms with E-state index in [1.54, 1.807) is 16.7 Å². The number of amides is 3. The first kappa shape index (κ1) is 28.5. The molecule has 1 spiro atoms. The van der Waals surface area contributed by atoms with Crippen molar-refractivity contribution in [3.8, 4) is 5.75 Å². The molecule has 0 aliphatic carbocycles. The first-order valence-corrected chi connectivity index (χ1v) is 15.2. The molecular weight excluding hydrogens is 526 g/mol. The first-order chi connectivity index (χ1) is 19.3. The van der Waals surface area contributed by atoms with E-state index in [0.29, 0.717) is 31.7 Å². The normalized spacial score (nSPS) is 26.6. The van der Waals surface area contributed by atoms with Crippen LogP contribution in [0.1, 0.15) is 50.2 Å². The Morgan fingerprint density at radius 1 is 1.07 bits per heavy atom. The quantitative estimate of drug-likeness (QED) is 0.346. The number of aliphatic hydroxyl groups is 1. The summed E-state index contributed by atoms with van der Waals surface area (Å²) < 4.78 is 4.87. The highest BCUT2D eigenvalue weighted by molar-refractivity contribution is 8.02. The lowest BCUT2D eigenvalue weighted by Crippen LogP contribution is -2.51. The minimum Gasteiger partial charge on any atom is -0.494 e. The zero-order valence-electron chi connectivity index (χ0n) is 23.4. The average Bonchev–Trinajstić information content (AvgIpc) is 3.57. The Morgan fingerprint density at radius 2 is 1.85 bits per heavy atom. The van der Waals surface area contributed by atoms with Gasteiger partial charge in [-0.3, -0.25) is 14.4 Å². The summed E-state index contributed by atoms with van der Waals surface area (Å²) in [5.41, 5.74) is 3.41. The molecule has 3 amide bonds. The van der Waals surface area contributed by atoms with Gasteiger partial charge in [-0.25, -0.2) is 0 Å². The maximum absolute atomic E-state index is 14.1. The monoisotopic (exact) mass is 565 g/mol. The van der Waals surface area contributed by atoms with Gasteiger partial charge in [-0.1, -0.05) is 12.1 Å². The van der Waals surface area contributed by atoms with Crippen molar-refractivity contribution in [2.75, 3.05) is 30.4 Å². The minimum atomic E-state index is -0.655. The van der Waals surface area contributed by atoms with Gasteiger partial charge in [0.15, 0.2) is 0 Å². The number of fused-ring (bicyclic) bond motifs is 1. The largest absolute Gasteiger partial charge is 0.494 e. The van der Waals surface area contributed by atoms with E-state index in [9.17, 15) is 19.5 Å². The lowest BCUT2D eigenvalue weighted by molar-refractivity contribution is -0.138. The molecule has 0 radical (unpaired) electrons. The van der Waals surface area contributed by atoms with E-state index >= 15 is 0 Å². The van der Waals surface area contributed by atoms with Gasteiger partial charge in [0.2, 0.25) is 17.7 Å². The lowest BCUT2D eigenvalue weighted by atomic mass is 9.70. The van der Waals surface area contributed by atoms with Crippen LogP contribution in [0.2, 0.25) is 0 Å². The number of anilines is 2. The SMILES string of the molecule is CCOc1ccc(NC(=O)[C@@H]2[C@H]3C(=O)N(CCCCCO)C(C(=O)Nc4cc(C)ccc4C)C34CC[C@H]2S4)cc1. The zero-order chi connectivity index (χ0) is 28.4. The molecule has 2 bridgehead atoms. The van der Waals surface area contributed by atoms with E-state index < -0.39 is 22.6 Å². The van der Waals surface area contributed by atoms with Crippen LogP contribution in [0.3, 0.4) is 0 Å². The molecule has 3 fully saturated rings. The van der Waals surface area contributed by atoms with Crippen molar-refractivity contribution in [2.24, 2.45) is 11.8 Å². The number of benzene rings is 2. The first-order valence-electron chi connectivity index (χ1n) is 14.3. The van der Waals surface area contributed by atoms with Crippen molar-refractivity contribution in [1.29, 1.82) is 0 Å². The van der Waals surface area contributed by atoms with Crippen LogP contribution in [0.25, 0.3) is 0 Å². The summed E-state index contributed by atoms with van der Waals surface area (Å²) >= 11 is 1.67. The van der Waals surface area contributed by atoms with Gasteiger partial charge in [0.1, 0.15) is 11.8 Å². The molecule has 214 valence electrons. The smallest absolute Gasteiger partial charge is 0.248 e. The third-order valence-corrected chi connectivity index (χ3v) is 10.4. The maximum atomic E-state index is 14.1. The molecule has 3 N–H and O–H groups in total. The van der Waals surface area contributed by atoms with E-state index in [-0.39, 0.29) is 29.6 Å². The highest BCUT2D eigenvalue weighted by atomic mass is 32.2. The van der Waals surface area contributed by atoms with Crippen LogP contribution < -0.4 is 15.4 Å². The average molecular weight is 566 g/mol. The summed E-state index contributed by atoms with van der Waals surface area (Å²) in [7, 11) is 0. The Balaban J connectivity index is 1.41. The number of carbonyl (C=O) groups excluding carboxylic acids is 3. The van der Waals surface area contributed by atoms with E-state index in [4.69, 9.17) is 4.74 Å². The maximum Gasteiger partial charge on any atom is 0.248 e. The number of unbranched alkanes of at least 4 members (excludes halogenated alkanes) is 2. The third kappa shape index (κ3) is 5.21. The molecule has 3 aliphatic rings. The van der Waals surface area contributed by atoms with E-state index in [2.05, 4.69) is 10.6 Å². The number of nitrogens with zero attached hydrogens (tertiary/aromatic N) is 1. The van der Waals surface area contributed by atoms with Crippen molar-refractivity contribution in [1.82, 2.24) is 4.90 Å². The third-order valence-electron chi connectivity index (χ3n) is 8.49. The molecular formula is C31H39N3O5S. The second kappa shape index (κ2) is 11.8. The number of hydrogen-bond acceptors (Lipinski definition) is 6. The summed E-state index contributed by atoms with van der Waals surface area (Å²) in [4.78, 5) is 43.6. The van der Waals surface area contributed by atoms with Crippen molar-refractivity contribution >= 4 is 40.9 Å². The summed E-state index contributed by atoms with van der Waals surface area (Å²) in [6, 6.07) is 12.5. The predicted molar refractivity (Wildman–Crippen MR) is 158 cm³/mol. The standard InChI is InChI=1S/C31H39N3O5S/c1-4-39-22-12-10-21(11-13-22)32-28(36)25-24-14-15-31(40-24)26(25)30(38)34(16-6-5-7-17-35)27(31)29(37)33-23-18-19(2)8-9-20(23)3/h8-13,18,24-27,35H,4-7,14-17H2,1-3H3,(H,32,36)(H,33,37)/t24-,25+,26+,27?,31?/m1/s1. The molecule has 2 aromatic rings. The summed E-state index contributed by atoms with van der Waals surface area (Å²) in [6.45, 7) is 6.96. The van der Waals surface area contributed by atoms with Crippen LogP contribution in [0.5, 0.6) is 5.75 Å². The van der Waals surface area contributed by atoms with Gasteiger partial charge < -0.3 is 25.4 Å². The lowest BCUT2D eigenvalue weighted by Gasteiger charge is -2.34. The Morgan fingerprint density at radius 3 is 2.58 bits per heavy atom. The van der Waals surface area contributed by atoms with Gasteiger partial charge in [-0.15, -0.1) is 11.8 Å². The van der Waals surface area contributed by atoms with Gasteiger partial charge in [-0.05, 0) is 94.3 Å². The fourth-order valence-electron chi connectivity index (χ4n) is 6.66. The Hall–Kier alpha value is -3.04. The van der Waals surface area contributed by atoms with Crippen molar-refractivity contribution in [3.05, 3.63) is 53.6 Å². The van der Waals surface area contributed by atoms with Crippen molar-refractivity contribution in [2.45, 2.75) is 68.9 Å². The highest BCUT2D eigenvalue weighted by Crippen LogP contribution is 2.66. The number of hydrogen-bond donors (Lipinski definition) is 3. The zero-order valence-corrected chi connectivity index (χ0v) is 24.3. The number of carbonyl (C=O) groups is 3. The van der Waals surface area contributed by atoms with Crippen LogP contribution in [0, 0.1) is 25.7 Å². The van der Waals surface area contributed by atoms with Crippen molar-refractivity contribution < 1.29 is 24.2 Å². The fraction of sp³-hybridized carbons (Fsp3) is 0.516. The van der Waals surface area contributed by atoms with Crippen LogP contribution in [-0.2, 0) is 14.4 Å². The number of aliphatic hydroxyl groups excluding tert-OH is 1. The summed E-state index contributed by atoms with van der Waals surface area (Å²) in [5, 5.41) is 15.4. The number of likely N-dealkylation sites (tertiary alicyclic amines) is 1. The second-order valence-electron chi connectivity index (χ2n) is 11.1. The second-order valence-corrected chi connectivity index (χ2v) is 12.7. The molecule has 2 unspecified atom stereocenters. The van der Waals surface area contributed by atoms with Crippen LogP contribution in [0.15, 0.2) is 42.5 Å². The Bertz CT molecular complexity index is 1270. The minimum absolute atomic E-state index is 0.0100. The molecule has 3 aliphatic heterocycles. The molecule has 0 saturated carbocycles. The van der Waals surface area contributed by atoms with Crippen molar-refractivity contribution in [3.63, 3.8) is 0 Å².